The number of para-hydroxylation sites is 1. The summed E-state index contributed by atoms with van der Waals surface area (Å²) < 4.78 is 28.0. The quantitative estimate of drug-likeness (QED) is 0.828. The second kappa shape index (κ2) is 4.90. The second-order valence-electron chi connectivity index (χ2n) is 4.94. The predicted molar refractivity (Wildman–Crippen MR) is 83.4 cm³/mol. The van der Waals surface area contributed by atoms with Gasteiger partial charge >= 0.3 is 0 Å². The van der Waals surface area contributed by atoms with Crippen LogP contribution in [0.15, 0.2) is 57.9 Å². The molecule has 5 heteroatoms. The normalized spacial score (nSPS) is 18.1. The molecule has 3 rings (SSSR count). The Hall–Kier alpha value is -1.33. The lowest BCUT2D eigenvalue weighted by Crippen LogP contribution is -2.35. The number of halogens is 1. The van der Waals surface area contributed by atoms with Gasteiger partial charge in [-0.25, -0.2) is 8.42 Å². The van der Waals surface area contributed by atoms with Crippen LogP contribution in [-0.4, -0.2) is 14.5 Å². The van der Waals surface area contributed by atoms with Crippen LogP contribution in [0.25, 0.3) is 0 Å². The number of anilines is 1. The molecule has 0 fully saturated rings. The molecule has 0 aliphatic carbocycles. The summed E-state index contributed by atoms with van der Waals surface area (Å²) in [4.78, 5) is 0.315. The van der Waals surface area contributed by atoms with E-state index >= 15 is 0 Å². The number of hydrogen-bond acceptors (Lipinski definition) is 2. The van der Waals surface area contributed by atoms with Crippen molar-refractivity contribution >= 4 is 31.6 Å². The topological polar surface area (TPSA) is 37.4 Å². The minimum absolute atomic E-state index is 0.0589. The molecule has 104 valence electrons. The van der Waals surface area contributed by atoms with Crippen molar-refractivity contribution in [2.24, 2.45) is 0 Å². The maximum Gasteiger partial charge on any atom is 0.264 e. The summed E-state index contributed by atoms with van der Waals surface area (Å²) >= 11 is 3.33. The van der Waals surface area contributed by atoms with Gasteiger partial charge in [0.1, 0.15) is 0 Å². The maximum absolute atomic E-state index is 12.9. The fourth-order valence-corrected chi connectivity index (χ4v) is 4.93. The average molecular weight is 352 g/mol. The Morgan fingerprint density at radius 2 is 1.90 bits per heavy atom. The molecule has 1 atom stereocenters. The van der Waals surface area contributed by atoms with Crippen LogP contribution >= 0.6 is 15.9 Å². The van der Waals surface area contributed by atoms with E-state index in [9.17, 15) is 8.42 Å². The van der Waals surface area contributed by atoms with Crippen LogP contribution in [0.1, 0.15) is 12.5 Å². The first-order valence-electron chi connectivity index (χ1n) is 6.38. The molecule has 0 unspecified atom stereocenters. The van der Waals surface area contributed by atoms with Crippen LogP contribution in [0.2, 0.25) is 0 Å². The van der Waals surface area contributed by atoms with Crippen molar-refractivity contribution in [1.29, 1.82) is 0 Å². The fourth-order valence-electron chi connectivity index (χ4n) is 2.64. The molecule has 1 aliphatic rings. The summed E-state index contributed by atoms with van der Waals surface area (Å²) in [5, 5.41) is 0. The summed E-state index contributed by atoms with van der Waals surface area (Å²) in [6, 6.07) is 14.5. The number of hydrogen-bond donors (Lipinski definition) is 0. The van der Waals surface area contributed by atoms with Gasteiger partial charge in [0.25, 0.3) is 10.0 Å². The monoisotopic (exact) mass is 351 g/mol. The van der Waals surface area contributed by atoms with E-state index in [-0.39, 0.29) is 6.04 Å². The summed E-state index contributed by atoms with van der Waals surface area (Å²) in [5.41, 5.74) is 1.87. The summed E-state index contributed by atoms with van der Waals surface area (Å²) in [6.07, 6.45) is 0.753. The molecule has 0 bridgehead atoms. The van der Waals surface area contributed by atoms with Crippen molar-refractivity contribution < 1.29 is 8.42 Å². The average Bonchev–Trinajstić information content (AvgIpc) is 2.75. The van der Waals surface area contributed by atoms with Gasteiger partial charge in [-0.05, 0) is 43.2 Å². The third kappa shape index (κ3) is 2.15. The van der Waals surface area contributed by atoms with Gasteiger partial charge in [-0.15, -0.1) is 0 Å². The third-order valence-electron chi connectivity index (χ3n) is 3.50. The van der Waals surface area contributed by atoms with Crippen LogP contribution in [0.4, 0.5) is 5.69 Å². The van der Waals surface area contributed by atoms with Gasteiger partial charge in [0.2, 0.25) is 0 Å². The van der Waals surface area contributed by atoms with E-state index in [0.29, 0.717) is 4.90 Å². The minimum atomic E-state index is -3.52. The molecular weight excluding hydrogens is 338 g/mol. The molecule has 0 spiro atoms. The number of nitrogens with zero attached hydrogens (tertiary/aromatic N) is 1. The number of sulfonamides is 1. The minimum Gasteiger partial charge on any atom is -0.263 e. The zero-order valence-electron chi connectivity index (χ0n) is 11.0. The zero-order chi connectivity index (χ0) is 14.3. The number of benzene rings is 2. The van der Waals surface area contributed by atoms with Gasteiger partial charge in [0.05, 0.1) is 10.6 Å². The van der Waals surface area contributed by atoms with Crippen molar-refractivity contribution in [3.8, 4) is 0 Å². The highest BCUT2D eigenvalue weighted by atomic mass is 79.9. The molecule has 20 heavy (non-hydrogen) atoms. The molecule has 0 N–H and O–H groups in total. The van der Waals surface area contributed by atoms with Crippen molar-refractivity contribution in [2.75, 3.05) is 4.31 Å². The Bertz CT molecular complexity index is 758. The van der Waals surface area contributed by atoms with Gasteiger partial charge in [-0.3, -0.25) is 4.31 Å². The van der Waals surface area contributed by atoms with Crippen molar-refractivity contribution in [3.63, 3.8) is 0 Å². The molecule has 0 amide bonds. The Kier molecular flexibility index (Phi) is 3.34. The lowest BCUT2D eigenvalue weighted by Gasteiger charge is -2.24. The number of rotatable bonds is 2. The molecule has 2 aromatic rings. The first kappa shape index (κ1) is 13.6. The van der Waals surface area contributed by atoms with E-state index in [4.69, 9.17) is 0 Å². The molecular formula is C15H14BrNO2S. The highest BCUT2D eigenvalue weighted by Gasteiger charge is 2.35. The zero-order valence-corrected chi connectivity index (χ0v) is 13.4. The molecule has 2 aromatic carbocycles. The van der Waals surface area contributed by atoms with Crippen molar-refractivity contribution in [2.45, 2.75) is 24.3 Å². The van der Waals surface area contributed by atoms with Gasteiger partial charge in [0.15, 0.2) is 0 Å². The lowest BCUT2D eigenvalue weighted by atomic mass is 10.1. The lowest BCUT2D eigenvalue weighted by molar-refractivity contribution is 0.584. The standard InChI is InChI=1S/C15H14BrNO2S/c1-11-9-12-5-2-3-8-15(12)17(11)20(18,19)14-7-4-6-13(16)10-14/h2-8,10-11H,9H2,1H3/t11-/m0/s1. The van der Waals surface area contributed by atoms with E-state index in [1.165, 1.54) is 4.31 Å². The van der Waals surface area contributed by atoms with Gasteiger partial charge in [-0.1, -0.05) is 40.2 Å². The highest BCUT2D eigenvalue weighted by Crippen LogP contribution is 2.36. The van der Waals surface area contributed by atoms with E-state index < -0.39 is 10.0 Å². The Morgan fingerprint density at radius 1 is 1.15 bits per heavy atom. The van der Waals surface area contributed by atoms with Crippen LogP contribution in [-0.2, 0) is 16.4 Å². The first-order chi connectivity index (χ1) is 9.50. The van der Waals surface area contributed by atoms with Crippen LogP contribution in [0.3, 0.4) is 0 Å². The van der Waals surface area contributed by atoms with Gasteiger partial charge < -0.3 is 0 Å². The van der Waals surface area contributed by atoms with E-state index in [2.05, 4.69) is 15.9 Å². The Balaban J connectivity index is 2.13. The Labute approximate surface area is 127 Å². The highest BCUT2D eigenvalue weighted by molar-refractivity contribution is 9.10. The molecule has 3 nitrogen and oxygen atoms in total. The SMILES string of the molecule is C[C@H]1Cc2ccccc2N1S(=O)(=O)c1cccc(Br)c1. The third-order valence-corrected chi connectivity index (χ3v) is 5.91. The number of fused-ring (bicyclic) bond motifs is 1. The van der Waals surface area contributed by atoms with E-state index in [1.807, 2.05) is 37.3 Å². The smallest absolute Gasteiger partial charge is 0.263 e. The molecule has 0 radical (unpaired) electrons. The second-order valence-corrected chi connectivity index (χ2v) is 7.67. The van der Waals surface area contributed by atoms with Crippen molar-refractivity contribution in [1.82, 2.24) is 0 Å². The van der Waals surface area contributed by atoms with Crippen LogP contribution in [0.5, 0.6) is 0 Å². The van der Waals surface area contributed by atoms with Crippen LogP contribution < -0.4 is 4.31 Å². The van der Waals surface area contributed by atoms with Gasteiger partial charge in [-0.2, -0.15) is 0 Å². The predicted octanol–water partition coefficient (Wildman–Crippen LogP) is 3.59. The van der Waals surface area contributed by atoms with E-state index in [0.717, 1.165) is 22.1 Å². The fraction of sp³-hybridized carbons (Fsp3) is 0.200. The van der Waals surface area contributed by atoms with Gasteiger partial charge in [0, 0.05) is 10.5 Å². The molecule has 0 aromatic heterocycles. The molecule has 0 saturated carbocycles. The molecule has 1 aliphatic heterocycles. The summed E-state index contributed by atoms with van der Waals surface area (Å²) in [7, 11) is -3.52. The molecule has 0 saturated heterocycles. The van der Waals surface area contributed by atoms with Crippen LogP contribution in [0, 0.1) is 0 Å². The van der Waals surface area contributed by atoms with Crippen molar-refractivity contribution in [3.05, 3.63) is 58.6 Å². The summed E-state index contributed by atoms with van der Waals surface area (Å²) in [5.74, 6) is 0. The maximum atomic E-state index is 12.9. The first-order valence-corrected chi connectivity index (χ1v) is 8.61. The molecule has 1 heterocycles. The largest absolute Gasteiger partial charge is 0.264 e. The Morgan fingerprint density at radius 3 is 2.65 bits per heavy atom. The van der Waals surface area contributed by atoms with E-state index in [1.54, 1.807) is 18.2 Å². The summed E-state index contributed by atoms with van der Waals surface area (Å²) in [6.45, 7) is 1.94.